The SMILES string of the molecule is Cn1c(N2CCN(C(=O)Nc3ccc(F)cc3)CC2)nc2ccccc21. The maximum atomic E-state index is 13.0. The van der Waals surface area contributed by atoms with Gasteiger partial charge in [0.15, 0.2) is 0 Å². The van der Waals surface area contributed by atoms with Crippen LogP contribution in [0.5, 0.6) is 0 Å². The summed E-state index contributed by atoms with van der Waals surface area (Å²) in [6, 6.07) is 13.7. The molecule has 1 aliphatic heterocycles. The third-order valence-corrected chi connectivity index (χ3v) is 4.71. The number of nitrogens with zero attached hydrogens (tertiary/aromatic N) is 4. The first-order valence-electron chi connectivity index (χ1n) is 8.60. The molecule has 7 heteroatoms. The van der Waals surface area contributed by atoms with Gasteiger partial charge in [-0.1, -0.05) is 12.1 Å². The zero-order valence-corrected chi connectivity index (χ0v) is 14.5. The molecule has 1 aromatic heterocycles. The van der Waals surface area contributed by atoms with Gasteiger partial charge in [-0.3, -0.25) is 0 Å². The van der Waals surface area contributed by atoms with Gasteiger partial charge in [0.2, 0.25) is 5.95 Å². The van der Waals surface area contributed by atoms with E-state index in [1.54, 1.807) is 17.0 Å². The molecule has 0 aliphatic carbocycles. The van der Waals surface area contributed by atoms with E-state index in [0.29, 0.717) is 31.9 Å². The second-order valence-electron chi connectivity index (χ2n) is 6.37. The number of urea groups is 1. The third-order valence-electron chi connectivity index (χ3n) is 4.71. The lowest BCUT2D eigenvalue weighted by Crippen LogP contribution is -2.50. The van der Waals surface area contributed by atoms with Gasteiger partial charge in [-0.25, -0.2) is 14.2 Å². The Morgan fingerprint density at radius 2 is 1.73 bits per heavy atom. The van der Waals surface area contributed by atoms with Crippen molar-refractivity contribution in [2.45, 2.75) is 0 Å². The molecule has 26 heavy (non-hydrogen) atoms. The van der Waals surface area contributed by atoms with E-state index in [2.05, 4.69) is 20.9 Å². The van der Waals surface area contributed by atoms with Gasteiger partial charge in [0.1, 0.15) is 5.82 Å². The number of para-hydroxylation sites is 2. The van der Waals surface area contributed by atoms with Gasteiger partial charge in [-0.05, 0) is 36.4 Å². The topological polar surface area (TPSA) is 53.4 Å². The minimum absolute atomic E-state index is 0.166. The maximum Gasteiger partial charge on any atom is 0.321 e. The summed E-state index contributed by atoms with van der Waals surface area (Å²) in [4.78, 5) is 21.1. The van der Waals surface area contributed by atoms with Crippen LogP contribution in [0.25, 0.3) is 11.0 Å². The minimum atomic E-state index is -0.320. The largest absolute Gasteiger partial charge is 0.339 e. The molecule has 2 heterocycles. The lowest BCUT2D eigenvalue weighted by atomic mass is 10.3. The fraction of sp³-hybridized carbons (Fsp3) is 0.263. The minimum Gasteiger partial charge on any atom is -0.339 e. The molecule has 2 amide bonds. The average molecular weight is 353 g/mol. The van der Waals surface area contributed by atoms with Crippen LogP contribution in [0.15, 0.2) is 48.5 Å². The van der Waals surface area contributed by atoms with Crippen molar-refractivity contribution < 1.29 is 9.18 Å². The number of carbonyl (C=O) groups is 1. The van der Waals surface area contributed by atoms with Crippen LogP contribution in [0.4, 0.5) is 20.8 Å². The smallest absolute Gasteiger partial charge is 0.321 e. The van der Waals surface area contributed by atoms with Crippen LogP contribution in [0, 0.1) is 5.82 Å². The number of hydrogen-bond acceptors (Lipinski definition) is 3. The zero-order chi connectivity index (χ0) is 18.1. The lowest BCUT2D eigenvalue weighted by Gasteiger charge is -2.35. The Balaban J connectivity index is 1.41. The summed E-state index contributed by atoms with van der Waals surface area (Å²) in [7, 11) is 2.01. The molecule has 0 radical (unpaired) electrons. The van der Waals surface area contributed by atoms with Crippen molar-refractivity contribution in [3.63, 3.8) is 0 Å². The van der Waals surface area contributed by atoms with Crippen molar-refractivity contribution in [2.75, 3.05) is 36.4 Å². The molecule has 134 valence electrons. The van der Waals surface area contributed by atoms with Crippen LogP contribution in [-0.4, -0.2) is 46.7 Å². The van der Waals surface area contributed by atoms with E-state index >= 15 is 0 Å². The Morgan fingerprint density at radius 1 is 1.04 bits per heavy atom. The van der Waals surface area contributed by atoms with Gasteiger partial charge >= 0.3 is 6.03 Å². The molecule has 1 fully saturated rings. The normalized spacial score (nSPS) is 14.7. The number of nitrogens with one attached hydrogen (secondary N) is 1. The average Bonchev–Trinajstić information content (AvgIpc) is 3.01. The first-order valence-corrected chi connectivity index (χ1v) is 8.60. The number of rotatable bonds is 2. The summed E-state index contributed by atoms with van der Waals surface area (Å²) in [6.07, 6.45) is 0. The third kappa shape index (κ3) is 3.08. The fourth-order valence-electron chi connectivity index (χ4n) is 3.26. The van der Waals surface area contributed by atoms with Gasteiger partial charge in [0.05, 0.1) is 11.0 Å². The Morgan fingerprint density at radius 3 is 2.42 bits per heavy atom. The molecule has 0 bridgehead atoms. The van der Waals surface area contributed by atoms with Gasteiger partial charge in [-0.2, -0.15) is 0 Å². The number of hydrogen-bond donors (Lipinski definition) is 1. The summed E-state index contributed by atoms with van der Waals surface area (Å²) < 4.78 is 15.0. The van der Waals surface area contributed by atoms with Crippen molar-refractivity contribution in [1.82, 2.24) is 14.5 Å². The monoisotopic (exact) mass is 353 g/mol. The highest BCUT2D eigenvalue weighted by molar-refractivity contribution is 5.89. The fourth-order valence-corrected chi connectivity index (χ4v) is 3.26. The summed E-state index contributed by atoms with van der Waals surface area (Å²) in [5.74, 6) is 0.601. The maximum absolute atomic E-state index is 13.0. The van der Waals surface area contributed by atoms with Gasteiger partial charge in [0, 0.05) is 38.9 Å². The number of imidazole rings is 1. The van der Waals surface area contributed by atoms with E-state index in [0.717, 1.165) is 17.0 Å². The van der Waals surface area contributed by atoms with Crippen molar-refractivity contribution in [1.29, 1.82) is 0 Å². The molecule has 4 rings (SSSR count). The van der Waals surface area contributed by atoms with Crippen LogP contribution in [-0.2, 0) is 7.05 Å². The molecule has 0 atom stereocenters. The first-order chi connectivity index (χ1) is 12.6. The number of benzene rings is 2. The van der Waals surface area contributed by atoms with Crippen LogP contribution < -0.4 is 10.2 Å². The Hall–Kier alpha value is -3.09. The standard InChI is InChI=1S/C19H20FN5O/c1-23-17-5-3-2-4-16(17)22-18(23)24-10-12-25(13-11-24)19(26)21-15-8-6-14(20)7-9-15/h2-9H,10-13H2,1H3,(H,21,26). The summed E-state index contributed by atoms with van der Waals surface area (Å²) in [5.41, 5.74) is 2.66. The number of fused-ring (bicyclic) bond motifs is 1. The second-order valence-corrected chi connectivity index (χ2v) is 6.37. The summed E-state index contributed by atoms with van der Waals surface area (Å²) >= 11 is 0. The number of halogens is 1. The van der Waals surface area contributed by atoms with E-state index in [-0.39, 0.29) is 11.8 Å². The van der Waals surface area contributed by atoms with E-state index in [9.17, 15) is 9.18 Å². The molecule has 1 aliphatic rings. The Kier molecular flexibility index (Phi) is 4.20. The van der Waals surface area contributed by atoms with E-state index < -0.39 is 0 Å². The second kappa shape index (κ2) is 6.67. The highest BCUT2D eigenvalue weighted by Crippen LogP contribution is 2.22. The van der Waals surface area contributed by atoms with Crippen LogP contribution >= 0.6 is 0 Å². The van der Waals surface area contributed by atoms with Crippen molar-refractivity contribution in [3.05, 3.63) is 54.3 Å². The summed E-state index contributed by atoms with van der Waals surface area (Å²) in [6.45, 7) is 2.65. The van der Waals surface area contributed by atoms with E-state index in [4.69, 9.17) is 4.98 Å². The van der Waals surface area contributed by atoms with Crippen LogP contribution in [0.2, 0.25) is 0 Å². The number of amides is 2. The molecule has 0 saturated carbocycles. The molecule has 6 nitrogen and oxygen atoms in total. The molecule has 0 spiro atoms. The Labute approximate surface area is 150 Å². The summed E-state index contributed by atoms with van der Waals surface area (Å²) in [5, 5.41) is 2.81. The predicted octanol–water partition coefficient (Wildman–Crippen LogP) is 3.07. The number of aromatic nitrogens is 2. The molecule has 1 N–H and O–H groups in total. The number of piperazine rings is 1. The van der Waals surface area contributed by atoms with Gasteiger partial charge in [-0.15, -0.1) is 0 Å². The number of anilines is 2. The quantitative estimate of drug-likeness (QED) is 0.770. The molecule has 1 saturated heterocycles. The lowest BCUT2D eigenvalue weighted by molar-refractivity contribution is 0.208. The molecule has 3 aromatic rings. The molecule has 0 unspecified atom stereocenters. The van der Waals surface area contributed by atoms with E-state index in [1.807, 2.05) is 25.2 Å². The predicted molar refractivity (Wildman–Crippen MR) is 99.9 cm³/mol. The van der Waals surface area contributed by atoms with Crippen LogP contribution in [0.3, 0.4) is 0 Å². The highest BCUT2D eigenvalue weighted by atomic mass is 19.1. The zero-order valence-electron chi connectivity index (χ0n) is 14.5. The van der Waals surface area contributed by atoms with Gasteiger partial charge in [0.25, 0.3) is 0 Å². The van der Waals surface area contributed by atoms with Crippen molar-refractivity contribution >= 4 is 28.7 Å². The molecular weight excluding hydrogens is 333 g/mol. The number of carbonyl (C=O) groups excluding carboxylic acids is 1. The highest BCUT2D eigenvalue weighted by Gasteiger charge is 2.24. The van der Waals surface area contributed by atoms with Crippen LogP contribution in [0.1, 0.15) is 0 Å². The molecule has 2 aromatic carbocycles. The van der Waals surface area contributed by atoms with Crippen molar-refractivity contribution in [2.24, 2.45) is 7.05 Å². The van der Waals surface area contributed by atoms with Gasteiger partial charge < -0.3 is 19.7 Å². The molecular formula is C19H20FN5O. The number of aryl methyl sites for hydroxylation is 1. The first kappa shape index (κ1) is 16.4. The van der Waals surface area contributed by atoms with E-state index in [1.165, 1.54) is 12.1 Å². The Bertz CT molecular complexity index is 929. The van der Waals surface area contributed by atoms with Crippen molar-refractivity contribution in [3.8, 4) is 0 Å².